The Morgan fingerprint density at radius 2 is 2.17 bits per heavy atom. The fraction of sp³-hybridized carbons (Fsp3) is 0.500. The van der Waals surface area contributed by atoms with Crippen molar-refractivity contribution in [1.82, 2.24) is 10.2 Å². The Balaban J connectivity index is 1.75. The SMILES string of the molecule is O=C(NCCc1ccccc1)N1CCCC1CO. The highest BCUT2D eigenvalue weighted by Crippen LogP contribution is 2.16. The zero-order valence-electron chi connectivity index (χ0n) is 10.5. The zero-order valence-corrected chi connectivity index (χ0v) is 10.5. The Kier molecular flexibility index (Phi) is 4.59. The fourth-order valence-corrected chi connectivity index (χ4v) is 2.35. The lowest BCUT2D eigenvalue weighted by molar-refractivity contribution is 0.157. The van der Waals surface area contributed by atoms with E-state index in [4.69, 9.17) is 5.11 Å². The molecule has 1 atom stereocenters. The van der Waals surface area contributed by atoms with Gasteiger partial charge >= 0.3 is 6.03 Å². The number of carbonyl (C=O) groups excluding carboxylic acids is 1. The highest BCUT2D eigenvalue weighted by molar-refractivity contribution is 5.74. The lowest BCUT2D eigenvalue weighted by atomic mass is 10.1. The fourth-order valence-electron chi connectivity index (χ4n) is 2.35. The Bertz CT molecular complexity index is 381. The Hall–Kier alpha value is -1.55. The lowest BCUT2D eigenvalue weighted by Crippen LogP contribution is -2.44. The van der Waals surface area contributed by atoms with Crippen LogP contribution in [0.15, 0.2) is 30.3 Å². The van der Waals surface area contributed by atoms with Crippen molar-refractivity contribution in [3.8, 4) is 0 Å². The van der Waals surface area contributed by atoms with Crippen LogP contribution in [0.1, 0.15) is 18.4 Å². The molecule has 2 N–H and O–H groups in total. The summed E-state index contributed by atoms with van der Waals surface area (Å²) < 4.78 is 0. The largest absolute Gasteiger partial charge is 0.394 e. The van der Waals surface area contributed by atoms with E-state index >= 15 is 0 Å². The lowest BCUT2D eigenvalue weighted by Gasteiger charge is -2.23. The first kappa shape index (κ1) is 12.9. The predicted molar refractivity (Wildman–Crippen MR) is 70.4 cm³/mol. The summed E-state index contributed by atoms with van der Waals surface area (Å²) in [6, 6.07) is 10.0. The number of nitrogens with one attached hydrogen (secondary N) is 1. The van der Waals surface area contributed by atoms with Crippen LogP contribution in [0.5, 0.6) is 0 Å². The molecule has 4 heteroatoms. The third-order valence-electron chi connectivity index (χ3n) is 3.38. The quantitative estimate of drug-likeness (QED) is 0.846. The minimum atomic E-state index is -0.0533. The van der Waals surface area contributed by atoms with Crippen molar-refractivity contribution in [3.63, 3.8) is 0 Å². The van der Waals surface area contributed by atoms with E-state index in [0.29, 0.717) is 6.54 Å². The van der Waals surface area contributed by atoms with Gasteiger partial charge in [-0.3, -0.25) is 0 Å². The molecule has 0 radical (unpaired) electrons. The van der Waals surface area contributed by atoms with E-state index in [0.717, 1.165) is 25.8 Å². The van der Waals surface area contributed by atoms with Gasteiger partial charge in [0.15, 0.2) is 0 Å². The second-order valence-electron chi connectivity index (χ2n) is 4.64. The number of hydrogen-bond donors (Lipinski definition) is 2. The van der Waals surface area contributed by atoms with Crippen LogP contribution >= 0.6 is 0 Å². The monoisotopic (exact) mass is 248 g/mol. The summed E-state index contributed by atoms with van der Waals surface area (Å²) >= 11 is 0. The van der Waals surface area contributed by atoms with Crippen molar-refractivity contribution in [2.45, 2.75) is 25.3 Å². The van der Waals surface area contributed by atoms with Gasteiger partial charge in [-0.2, -0.15) is 0 Å². The van der Waals surface area contributed by atoms with Crippen molar-refractivity contribution >= 4 is 6.03 Å². The highest BCUT2D eigenvalue weighted by Gasteiger charge is 2.27. The summed E-state index contributed by atoms with van der Waals surface area (Å²) in [6.07, 6.45) is 2.73. The molecule has 0 bridgehead atoms. The van der Waals surface area contributed by atoms with Crippen LogP contribution in [-0.4, -0.2) is 41.8 Å². The van der Waals surface area contributed by atoms with Gasteiger partial charge in [-0.15, -0.1) is 0 Å². The zero-order chi connectivity index (χ0) is 12.8. The number of nitrogens with zero attached hydrogens (tertiary/aromatic N) is 1. The maximum atomic E-state index is 11.9. The first-order valence-corrected chi connectivity index (χ1v) is 6.50. The molecule has 98 valence electrons. The molecule has 1 heterocycles. The van der Waals surface area contributed by atoms with E-state index in [-0.39, 0.29) is 18.7 Å². The molecule has 0 aromatic heterocycles. The topological polar surface area (TPSA) is 52.6 Å². The van der Waals surface area contributed by atoms with Gasteiger partial charge in [-0.05, 0) is 24.8 Å². The molecule has 1 saturated heterocycles. The molecule has 1 aliphatic rings. The number of urea groups is 1. The average Bonchev–Trinajstić information content (AvgIpc) is 2.88. The van der Waals surface area contributed by atoms with Crippen molar-refractivity contribution in [1.29, 1.82) is 0 Å². The van der Waals surface area contributed by atoms with Gasteiger partial charge in [0.05, 0.1) is 12.6 Å². The summed E-state index contributed by atoms with van der Waals surface area (Å²) in [7, 11) is 0. The van der Waals surface area contributed by atoms with E-state index in [1.165, 1.54) is 5.56 Å². The van der Waals surface area contributed by atoms with Crippen molar-refractivity contribution in [2.24, 2.45) is 0 Å². The smallest absolute Gasteiger partial charge is 0.317 e. The molecular formula is C14H20N2O2. The number of aliphatic hydroxyl groups is 1. The van der Waals surface area contributed by atoms with E-state index in [1.807, 2.05) is 18.2 Å². The van der Waals surface area contributed by atoms with Gasteiger partial charge in [0.1, 0.15) is 0 Å². The van der Waals surface area contributed by atoms with Crippen molar-refractivity contribution in [2.75, 3.05) is 19.7 Å². The Morgan fingerprint density at radius 1 is 1.39 bits per heavy atom. The number of likely N-dealkylation sites (tertiary alicyclic amines) is 1. The summed E-state index contributed by atoms with van der Waals surface area (Å²) in [4.78, 5) is 13.6. The summed E-state index contributed by atoms with van der Waals surface area (Å²) in [5.74, 6) is 0. The summed E-state index contributed by atoms with van der Waals surface area (Å²) in [6.45, 7) is 1.45. The van der Waals surface area contributed by atoms with Crippen LogP contribution in [0, 0.1) is 0 Å². The van der Waals surface area contributed by atoms with E-state index in [1.54, 1.807) is 4.90 Å². The molecule has 1 unspecified atom stereocenters. The molecule has 0 aliphatic carbocycles. The number of amides is 2. The van der Waals surface area contributed by atoms with Crippen LogP contribution in [0.2, 0.25) is 0 Å². The maximum absolute atomic E-state index is 11.9. The summed E-state index contributed by atoms with van der Waals surface area (Å²) in [5.41, 5.74) is 1.22. The number of benzene rings is 1. The number of carbonyl (C=O) groups is 1. The summed E-state index contributed by atoms with van der Waals surface area (Å²) in [5, 5.41) is 12.1. The Labute approximate surface area is 108 Å². The van der Waals surface area contributed by atoms with Crippen LogP contribution in [-0.2, 0) is 6.42 Å². The van der Waals surface area contributed by atoms with Crippen molar-refractivity contribution < 1.29 is 9.90 Å². The second-order valence-corrected chi connectivity index (χ2v) is 4.64. The molecule has 1 aromatic carbocycles. The van der Waals surface area contributed by atoms with Gasteiger partial charge < -0.3 is 15.3 Å². The van der Waals surface area contributed by atoms with E-state index < -0.39 is 0 Å². The third kappa shape index (κ3) is 3.23. The first-order chi connectivity index (χ1) is 8.81. The molecular weight excluding hydrogens is 228 g/mol. The number of aliphatic hydroxyl groups excluding tert-OH is 1. The highest BCUT2D eigenvalue weighted by atomic mass is 16.3. The molecule has 2 rings (SSSR count). The van der Waals surface area contributed by atoms with Gasteiger partial charge in [0, 0.05) is 13.1 Å². The molecule has 18 heavy (non-hydrogen) atoms. The second kappa shape index (κ2) is 6.40. The first-order valence-electron chi connectivity index (χ1n) is 6.50. The van der Waals surface area contributed by atoms with Crippen LogP contribution in [0.4, 0.5) is 4.79 Å². The maximum Gasteiger partial charge on any atom is 0.317 e. The van der Waals surface area contributed by atoms with E-state index in [2.05, 4.69) is 17.4 Å². The Morgan fingerprint density at radius 3 is 2.89 bits per heavy atom. The predicted octanol–water partition coefficient (Wildman–Crippen LogP) is 1.40. The minimum absolute atomic E-state index is 0.00160. The molecule has 1 aromatic rings. The molecule has 4 nitrogen and oxygen atoms in total. The molecule has 1 fully saturated rings. The van der Waals surface area contributed by atoms with Gasteiger partial charge in [-0.1, -0.05) is 30.3 Å². The van der Waals surface area contributed by atoms with Crippen LogP contribution in [0.25, 0.3) is 0 Å². The normalized spacial score (nSPS) is 18.9. The van der Waals surface area contributed by atoms with E-state index in [9.17, 15) is 4.79 Å². The molecule has 0 saturated carbocycles. The van der Waals surface area contributed by atoms with Crippen molar-refractivity contribution in [3.05, 3.63) is 35.9 Å². The number of hydrogen-bond acceptors (Lipinski definition) is 2. The molecule has 1 aliphatic heterocycles. The van der Waals surface area contributed by atoms with Crippen LogP contribution < -0.4 is 5.32 Å². The average molecular weight is 248 g/mol. The third-order valence-corrected chi connectivity index (χ3v) is 3.38. The molecule has 0 spiro atoms. The van der Waals surface area contributed by atoms with Gasteiger partial charge in [-0.25, -0.2) is 4.79 Å². The molecule has 2 amide bonds. The van der Waals surface area contributed by atoms with Crippen LogP contribution in [0.3, 0.4) is 0 Å². The van der Waals surface area contributed by atoms with Gasteiger partial charge in [0.25, 0.3) is 0 Å². The standard InChI is InChI=1S/C14H20N2O2/c17-11-13-7-4-10-16(13)14(18)15-9-8-12-5-2-1-3-6-12/h1-3,5-6,13,17H,4,7-11H2,(H,15,18). The minimum Gasteiger partial charge on any atom is -0.394 e. The van der Waals surface area contributed by atoms with Gasteiger partial charge in [0.2, 0.25) is 0 Å². The number of rotatable bonds is 4.